The second-order valence-corrected chi connectivity index (χ2v) is 10.6. The predicted octanol–water partition coefficient (Wildman–Crippen LogP) is 3.81. The number of alkyl halides is 4. The molecular formula is C24H22F5N5O3S. The highest BCUT2D eigenvalue weighted by molar-refractivity contribution is 7.89. The molecule has 0 radical (unpaired) electrons. The Morgan fingerprint density at radius 3 is 2.34 bits per heavy atom. The van der Waals surface area contributed by atoms with E-state index in [1.165, 1.54) is 19.2 Å². The van der Waals surface area contributed by atoms with Crippen molar-refractivity contribution in [1.82, 2.24) is 24.6 Å². The second kappa shape index (κ2) is 10.3. The Morgan fingerprint density at radius 1 is 1.11 bits per heavy atom. The molecule has 1 amide bonds. The summed E-state index contributed by atoms with van der Waals surface area (Å²) < 4.78 is 93.4. The Hall–Kier alpha value is -3.52. The van der Waals surface area contributed by atoms with E-state index < -0.39 is 52.0 Å². The summed E-state index contributed by atoms with van der Waals surface area (Å²) in [5, 5.41) is 2.61. The van der Waals surface area contributed by atoms with Crippen molar-refractivity contribution in [2.24, 2.45) is 0 Å². The Kier molecular flexibility index (Phi) is 7.48. The van der Waals surface area contributed by atoms with Gasteiger partial charge in [0.15, 0.2) is 0 Å². The maximum absolute atomic E-state index is 14.6. The van der Waals surface area contributed by atoms with E-state index in [-0.39, 0.29) is 29.1 Å². The van der Waals surface area contributed by atoms with Crippen LogP contribution in [0.25, 0.3) is 11.3 Å². The number of carbonyl (C=O) groups is 1. The summed E-state index contributed by atoms with van der Waals surface area (Å²) in [7, 11) is -4.32. The van der Waals surface area contributed by atoms with E-state index in [2.05, 4.69) is 20.3 Å². The van der Waals surface area contributed by atoms with Crippen molar-refractivity contribution < 1.29 is 35.2 Å². The molecule has 0 saturated carbocycles. The fourth-order valence-electron chi connectivity index (χ4n) is 4.12. The number of hydrogen-bond acceptors (Lipinski definition) is 6. The highest BCUT2D eigenvalue weighted by Crippen LogP contribution is 2.33. The molecule has 1 saturated heterocycles. The largest absolute Gasteiger partial charge is 0.451 e. The first-order valence-corrected chi connectivity index (χ1v) is 12.8. The van der Waals surface area contributed by atoms with Crippen molar-refractivity contribution in [3.63, 3.8) is 0 Å². The molecule has 0 aliphatic carbocycles. The summed E-state index contributed by atoms with van der Waals surface area (Å²) in [6, 6.07) is 3.07. The fraction of sp³-hybridized carbons (Fsp3) is 0.333. The summed E-state index contributed by atoms with van der Waals surface area (Å²) in [4.78, 5) is 23.6. The monoisotopic (exact) mass is 555 g/mol. The van der Waals surface area contributed by atoms with Crippen molar-refractivity contribution in [2.45, 2.75) is 56.1 Å². The summed E-state index contributed by atoms with van der Waals surface area (Å²) in [6.45, 7) is 2.96. The lowest BCUT2D eigenvalue weighted by Crippen LogP contribution is -2.48. The highest BCUT2D eigenvalue weighted by atomic mass is 32.2. The molecule has 4 rings (SSSR count). The van der Waals surface area contributed by atoms with Crippen LogP contribution in [0.3, 0.4) is 0 Å². The Bertz CT molecular complexity index is 1430. The van der Waals surface area contributed by atoms with Gasteiger partial charge in [-0.3, -0.25) is 9.78 Å². The van der Waals surface area contributed by atoms with Gasteiger partial charge in [0.05, 0.1) is 16.6 Å². The maximum Gasteiger partial charge on any atom is 0.451 e. The second-order valence-electron chi connectivity index (χ2n) is 8.80. The first kappa shape index (κ1) is 27.5. The van der Waals surface area contributed by atoms with Crippen LogP contribution in [0.15, 0.2) is 53.8 Å². The Morgan fingerprint density at radius 2 is 1.74 bits per heavy atom. The molecule has 1 N–H and O–H groups in total. The first-order chi connectivity index (χ1) is 17.8. The van der Waals surface area contributed by atoms with E-state index in [4.69, 9.17) is 0 Å². The van der Waals surface area contributed by atoms with Gasteiger partial charge in [-0.05, 0) is 55.3 Å². The number of rotatable bonds is 6. The number of benzene rings is 1. The molecule has 0 spiro atoms. The van der Waals surface area contributed by atoms with Crippen molar-refractivity contribution in [3.05, 3.63) is 71.7 Å². The minimum absolute atomic E-state index is 0.0893. The third kappa shape index (κ3) is 5.50. The Labute approximate surface area is 215 Å². The van der Waals surface area contributed by atoms with E-state index >= 15 is 0 Å². The number of carbonyl (C=O) groups excluding carboxylic acids is 1. The molecule has 38 heavy (non-hydrogen) atoms. The van der Waals surface area contributed by atoms with Gasteiger partial charge in [-0.15, -0.1) is 0 Å². The van der Waals surface area contributed by atoms with Gasteiger partial charge in [0.2, 0.25) is 21.8 Å². The molecular weight excluding hydrogens is 533 g/mol. The summed E-state index contributed by atoms with van der Waals surface area (Å²) >= 11 is 0. The molecule has 202 valence electrons. The number of aromatic nitrogens is 3. The topological polar surface area (TPSA) is 105 Å². The van der Waals surface area contributed by atoms with Crippen molar-refractivity contribution in [3.8, 4) is 11.3 Å². The number of hydrogen-bond donors (Lipinski definition) is 1. The fourth-order valence-corrected chi connectivity index (χ4v) is 5.93. The molecule has 14 heteroatoms. The van der Waals surface area contributed by atoms with Crippen LogP contribution in [0.5, 0.6) is 0 Å². The van der Waals surface area contributed by atoms with E-state index in [1.807, 2.05) is 0 Å². The van der Waals surface area contributed by atoms with Gasteiger partial charge in [0.1, 0.15) is 18.0 Å². The molecule has 3 atom stereocenters. The lowest BCUT2D eigenvalue weighted by Gasteiger charge is -2.27. The molecule has 1 aliphatic heterocycles. The zero-order valence-electron chi connectivity index (χ0n) is 20.1. The van der Waals surface area contributed by atoms with E-state index in [9.17, 15) is 35.2 Å². The van der Waals surface area contributed by atoms with Crippen LogP contribution < -0.4 is 5.32 Å². The number of sulfonamides is 1. The predicted molar refractivity (Wildman–Crippen MR) is 125 cm³/mol. The number of halogens is 5. The lowest BCUT2D eigenvalue weighted by atomic mass is 10.1. The number of amides is 1. The van der Waals surface area contributed by atoms with Gasteiger partial charge in [-0.1, -0.05) is 0 Å². The molecule has 3 unspecified atom stereocenters. The molecule has 1 fully saturated rings. The van der Waals surface area contributed by atoms with Crippen LogP contribution in [0, 0.1) is 12.7 Å². The smallest absolute Gasteiger partial charge is 0.351 e. The number of nitrogens with one attached hydrogen (secondary N) is 1. The van der Waals surface area contributed by atoms with Crippen LogP contribution >= 0.6 is 0 Å². The number of pyridine rings is 1. The average molecular weight is 556 g/mol. The molecule has 3 heterocycles. The lowest BCUT2D eigenvalue weighted by molar-refractivity contribution is -0.145. The van der Waals surface area contributed by atoms with Crippen LogP contribution in [0.1, 0.15) is 30.3 Å². The maximum atomic E-state index is 14.6. The molecule has 2 aromatic heterocycles. The van der Waals surface area contributed by atoms with Crippen LogP contribution in [0.2, 0.25) is 0 Å². The summed E-state index contributed by atoms with van der Waals surface area (Å²) in [6.07, 6.45) is -3.24. The minimum Gasteiger partial charge on any atom is -0.351 e. The van der Waals surface area contributed by atoms with Gasteiger partial charge in [0.25, 0.3) is 0 Å². The van der Waals surface area contributed by atoms with Gasteiger partial charge in [-0.2, -0.15) is 17.5 Å². The van der Waals surface area contributed by atoms with Gasteiger partial charge in [0, 0.05) is 37.1 Å². The molecule has 1 aromatic carbocycles. The zero-order valence-corrected chi connectivity index (χ0v) is 20.9. The van der Waals surface area contributed by atoms with Crippen molar-refractivity contribution in [1.29, 1.82) is 0 Å². The zero-order chi connectivity index (χ0) is 27.8. The minimum atomic E-state index is -4.69. The van der Waals surface area contributed by atoms with Crippen LogP contribution in [-0.2, 0) is 27.5 Å². The molecule has 8 nitrogen and oxygen atoms in total. The quantitative estimate of drug-likeness (QED) is 0.464. The normalized spacial score (nSPS) is 20.4. The number of aryl methyl sites for hydroxylation is 1. The highest BCUT2D eigenvalue weighted by Gasteiger charge is 2.49. The summed E-state index contributed by atoms with van der Waals surface area (Å²) in [5.74, 6) is -2.68. The molecule has 1 aliphatic rings. The molecule has 3 aromatic rings. The SMILES string of the molecule is Cc1cnc(-c2cnc(C(F)(F)F)nc2)cc1CNC(=O)C1CC(F)C(C)N1S(=O)(=O)c1ccc(F)cc1. The Balaban J connectivity index is 1.53. The third-order valence-electron chi connectivity index (χ3n) is 6.24. The van der Waals surface area contributed by atoms with Gasteiger partial charge >= 0.3 is 6.18 Å². The van der Waals surface area contributed by atoms with E-state index in [0.717, 1.165) is 41.0 Å². The van der Waals surface area contributed by atoms with Crippen molar-refractivity contribution >= 4 is 15.9 Å². The van der Waals surface area contributed by atoms with E-state index in [1.54, 1.807) is 6.92 Å². The van der Waals surface area contributed by atoms with E-state index in [0.29, 0.717) is 11.1 Å². The third-order valence-corrected chi connectivity index (χ3v) is 8.25. The van der Waals surface area contributed by atoms with Gasteiger partial charge < -0.3 is 5.32 Å². The first-order valence-electron chi connectivity index (χ1n) is 11.3. The standard InChI is InChI=1S/C24H22F5N5O3S/c1-13-9-30-20(16-11-32-23(33-12-16)24(27,28)29)7-15(13)10-31-22(35)21-8-19(26)14(2)34(21)38(36,37)18-5-3-17(25)4-6-18/h3-7,9,11-12,14,19,21H,8,10H2,1-2H3,(H,31,35). The van der Waals surface area contributed by atoms with Crippen molar-refractivity contribution in [2.75, 3.05) is 0 Å². The molecule has 0 bridgehead atoms. The number of nitrogens with zero attached hydrogens (tertiary/aromatic N) is 4. The van der Waals surface area contributed by atoms with Gasteiger partial charge in [-0.25, -0.2) is 27.2 Å². The average Bonchev–Trinajstić information content (AvgIpc) is 3.18. The summed E-state index contributed by atoms with van der Waals surface area (Å²) in [5.41, 5.74) is 1.65. The van der Waals surface area contributed by atoms with Crippen LogP contribution in [-0.4, -0.2) is 51.8 Å². The van der Waals surface area contributed by atoms with Crippen LogP contribution in [0.4, 0.5) is 22.0 Å².